The topological polar surface area (TPSA) is 85.8 Å². The summed E-state index contributed by atoms with van der Waals surface area (Å²) in [6.07, 6.45) is 1.70. The highest BCUT2D eigenvalue weighted by atomic mass is 32.2. The van der Waals surface area contributed by atoms with Gasteiger partial charge in [0.05, 0.1) is 5.75 Å². The van der Waals surface area contributed by atoms with Crippen LogP contribution in [-0.2, 0) is 18.4 Å². The Labute approximate surface area is 121 Å². The van der Waals surface area contributed by atoms with Gasteiger partial charge in [0.2, 0.25) is 0 Å². The van der Waals surface area contributed by atoms with E-state index < -0.39 is 5.97 Å². The SMILES string of the molecule is CC(C)Cn1c(SCC(=O)O)nnc1-c1ccnn1C. The first kappa shape index (κ1) is 14.6. The molecule has 0 atom stereocenters. The predicted octanol–water partition coefficient (Wildman–Crippen LogP) is 1.51. The van der Waals surface area contributed by atoms with Crippen LogP contribution in [0.3, 0.4) is 0 Å². The van der Waals surface area contributed by atoms with Crippen molar-refractivity contribution in [3.05, 3.63) is 12.3 Å². The predicted molar refractivity (Wildman–Crippen MR) is 75.4 cm³/mol. The Kier molecular flexibility index (Phi) is 4.43. The Morgan fingerprint density at radius 1 is 1.45 bits per heavy atom. The van der Waals surface area contributed by atoms with Crippen LogP contribution in [0.5, 0.6) is 0 Å². The molecular formula is C12H17N5O2S. The molecule has 2 rings (SSSR count). The monoisotopic (exact) mass is 295 g/mol. The molecule has 0 bridgehead atoms. The molecule has 0 saturated carbocycles. The van der Waals surface area contributed by atoms with Gasteiger partial charge >= 0.3 is 5.97 Å². The zero-order chi connectivity index (χ0) is 14.7. The highest BCUT2D eigenvalue weighted by Crippen LogP contribution is 2.24. The van der Waals surface area contributed by atoms with Crippen molar-refractivity contribution in [1.29, 1.82) is 0 Å². The largest absolute Gasteiger partial charge is 0.481 e. The molecule has 0 amide bonds. The summed E-state index contributed by atoms with van der Waals surface area (Å²) in [5.41, 5.74) is 0.861. The summed E-state index contributed by atoms with van der Waals surface area (Å²) in [5, 5.41) is 21.8. The second-order valence-electron chi connectivity index (χ2n) is 4.83. The fraction of sp³-hybridized carbons (Fsp3) is 0.500. The molecular weight excluding hydrogens is 278 g/mol. The third-order valence-electron chi connectivity index (χ3n) is 2.64. The van der Waals surface area contributed by atoms with Crippen LogP contribution >= 0.6 is 11.8 Å². The third kappa shape index (κ3) is 3.19. The number of carboxylic acids is 1. The Balaban J connectivity index is 2.37. The van der Waals surface area contributed by atoms with Crippen LogP contribution in [0.15, 0.2) is 17.4 Å². The van der Waals surface area contributed by atoms with E-state index in [1.54, 1.807) is 10.9 Å². The summed E-state index contributed by atoms with van der Waals surface area (Å²) in [7, 11) is 1.84. The van der Waals surface area contributed by atoms with Crippen molar-refractivity contribution < 1.29 is 9.90 Å². The van der Waals surface area contributed by atoms with E-state index in [0.717, 1.165) is 12.2 Å². The molecule has 0 unspecified atom stereocenters. The smallest absolute Gasteiger partial charge is 0.313 e. The molecule has 8 heteroatoms. The first-order chi connectivity index (χ1) is 9.49. The summed E-state index contributed by atoms with van der Waals surface area (Å²) in [6, 6.07) is 1.87. The molecule has 2 aromatic rings. The molecule has 0 radical (unpaired) electrons. The normalized spacial score (nSPS) is 11.2. The number of carboxylic acid groups (broad SMARTS) is 1. The molecule has 0 fully saturated rings. The van der Waals surface area contributed by atoms with E-state index in [9.17, 15) is 4.79 Å². The van der Waals surface area contributed by atoms with Gasteiger partial charge in [-0.25, -0.2) is 0 Å². The summed E-state index contributed by atoms with van der Waals surface area (Å²) < 4.78 is 3.68. The van der Waals surface area contributed by atoms with Crippen molar-refractivity contribution in [2.45, 2.75) is 25.5 Å². The van der Waals surface area contributed by atoms with Gasteiger partial charge in [0.15, 0.2) is 11.0 Å². The maximum Gasteiger partial charge on any atom is 0.313 e. The van der Waals surface area contributed by atoms with Gasteiger partial charge in [0, 0.05) is 19.8 Å². The van der Waals surface area contributed by atoms with Crippen LogP contribution in [-0.4, -0.2) is 41.4 Å². The minimum Gasteiger partial charge on any atom is -0.481 e. The zero-order valence-electron chi connectivity index (χ0n) is 11.6. The fourth-order valence-corrected chi connectivity index (χ4v) is 2.50. The number of aryl methyl sites for hydroxylation is 1. The number of aromatic nitrogens is 5. The van der Waals surface area contributed by atoms with Gasteiger partial charge in [-0.05, 0) is 12.0 Å². The molecule has 0 saturated heterocycles. The van der Waals surface area contributed by atoms with E-state index in [1.807, 2.05) is 17.7 Å². The minimum atomic E-state index is -0.865. The molecule has 0 aliphatic rings. The van der Waals surface area contributed by atoms with Gasteiger partial charge in [-0.2, -0.15) is 5.10 Å². The average molecular weight is 295 g/mol. The van der Waals surface area contributed by atoms with Gasteiger partial charge in [-0.1, -0.05) is 25.6 Å². The average Bonchev–Trinajstić information content (AvgIpc) is 2.92. The number of rotatable bonds is 6. The van der Waals surface area contributed by atoms with Gasteiger partial charge in [-0.3, -0.25) is 9.48 Å². The maximum atomic E-state index is 10.7. The molecule has 108 valence electrons. The number of hydrogen-bond acceptors (Lipinski definition) is 5. The second-order valence-corrected chi connectivity index (χ2v) is 5.78. The summed E-state index contributed by atoms with van der Waals surface area (Å²) in [5.74, 6) is 0.228. The minimum absolute atomic E-state index is 0.0262. The van der Waals surface area contributed by atoms with Crippen molar-refractivity contribution in [2.75, 3.05) is 5.75 Å². The lowest BCUT2D eigenvalue weighted by atomic mass is 10.2. The third-order valence-corrected chi connectivity index (χ3v) is 3.59. The molecule has 1 N–H and O–H groups in total. The molecule has 2 heterocycles. The van der Waals surface area contributed by atoms with E-state index in [1.165, 1.54) is 11.8 Å². The quantitative estimate of drug-likeness (QED) is 0.813. The maximum absolute atomic E-state index is 10.7. The van der Waals surface area contributed by atoms with E-state index in [0.29, 0.717) is 16.9 Å². The van der Waals surface area contributed by atoms with Gasteiger partial charge < -0.3 is 9.67 Å². The van der Waals surface area contributed by atoms with E-state index in [-0.39, 0.29) is 5.75 Å². The number of aliphatic carboxylic acids is 1. The van der Waals surface area contributed by atoms with Gasteiger partial charge in [0.1, 0.15) is 5.69 Å². The lowest BCUT2D eigenvalue weighted by Crippen LogP contribution is -2.10. The van der Waals surface area contributed by atoms with Crippen molar-refractivity contribution in [3.8, 4) is 11.5 Å². The van der Waals surface area contributed by atoms with Crippen LogP contribution in [0.2, 0.25) is 0 Å². The van der Waals surface area contributed by atoms with E-state index >= 15 is 0 Å². The second kappa shape index (κ2) is 6.08. The van der Waals surface area contributed by atoms with E-state index in [2.05, 4.69) is 29.1 Å². The van der Waals surface area contributed by atoms with Crippen LogP contribution in [0.1, 0.15) is 13.8 Å². The van der Waals surface area contributed by atoms with Crippen molar-refractivity contribution in [2.24, 2.45) is 13.0 Å². The molecule has 0 aliphatic carbocycles. The van der Waals surface area contributed by atoms with Crippen molar-refractivity contribution in [1.82, 2.24) is 24.5 Å². The lowest BCUT2D eigenvalue weighted by Gasteiger charge is -2.12. The fourth-order valence-electron chi connectivity index (χ4n) is 1.83. The Morgan fingerprint density at radius 2 is 2.20 bits per heavy atom. The van der Waals surface area contributed by atoms with Crippen LogP contribution < -0.4 is 0 Å². The number of hydrogen-bond donors (Lipinski definition) is 1. The Hall–Kier alpha value is -1.83. The summed E-state index contributed by atoms with van der Waals surface area (Å²) >= 11 is 1.18. The molecule has 0 spiro atoms. The van der Waals surface area contributed by atoms with Crippen molar-refractivity contribution >= 4 is 17.7 Å². The highest BCUT2D eigenvalue weighted by Gasteiger charge is 2.18. The van der Waals surface area contributed by atoms with E-state index in [4.69, 9.17) is 5.11 Å². The molecule has 0 aliphatic heterocycles. The van der Waals surface area contributed by atoms with Crippen LogP contribution in [0, 0.1) is 5.92 Å². The molecule has 2 aromatic heterocycles. The number of nitrogens with zero attached hydrogens (tertiary/aromatic N) is 5. The lowest BCUT2D eigenvalue weighted by molar-refractivity contribution is -0.133. The van der Waals surface area contributed by atoms with Crippen LogP contribution in [0.4, 0.5) is 0 Å². The van der Waals surface area contributed by atoms with Crippen LogP contribution in [0.25, 0.3) is 11.5 Å². The standard InChI is InChI=1S/C12H17N5O2S/c1-8(2)6-17-11(9-4-5-13-16(9)3)14-15-12(17)20-7-10(18)19/h4-5,8H,6-7H2,1-3H3,(H,18,19). The first-order valence-corrected chi connectivity index (χ1v) is 7.23. The molecule has 0 aromatic carbocycles. The summed E-state index contributed by atoms with van der Waals surface area (Å²) in [4.78, 5) is 10.7. The zero-order valence-corrected chi connectivity index (χ0v) is 12.5. The number of thioether (sulfide) groups is 1. The van der Waals surface area contributed by atoms with Gasteiger partial charge in [0.25, 0.3) is 0 Å². The molecule has 7 nitrogen and oxygen atoms in total. The van der Waals surface area contributed by atoms with Crippen molar-refractivity contribution in [3.63, 3.8) is 0 Å². The summed E-state index contributed by atoms with van der Waals surface area (Å²) in [6.45, 7) is 4.92. The Morgan fingerprint density at radius 3 is 2.75 bits per heavy atom. The Bertz CT molecular complexity index is 605. The van der Waals surface area contributed by atoms with Gasteiger partial charge in [-0.15, -0.1) is 10.2 Å². The first-order valence-electron chi connectivity index (χ1n) is 6.25. The highest BCUT2D eigenvalue weighted by molar-refractivity contribution is 7.99. The number of carbonyl (C=O) groups is 1. The molecule has 20 heavy (non-hydrogen) atoms.